The molecule has 3 heteroatoms. The van der Waals surface area contributed by atoms with Crippen molar-refractivity contribution in [3.05, 3.63) is 34.3 Å². The maximum Gasteiger partial charge on any atom is 0.235 e. The lowest BCUT2D eigenvalue weighted by molar-refractivity contribution is 0.224. The van der Waals surface area contributed by atoms with Gasteiger partial charge in [0, 0.05) is 5.02 Å². The van der Waals surface area contributed by atoms with E-state index in [-0.39, 0.29) is 5.54 Å². The van der Waals surface area contributed by atoms with Crippen molar-refractivity contribution in [1.29, 1.82) is 0 Å². The van der Waals surface area contributed by atoms with Crippen molar-refractivity contribution in [2.75, 3.05) is 0 Å². The number of hydrogen-bond donors (Lipinski definition) is 0. The van der Waals surface area contributed by atoms with Gasteiger partial charge in [-0.25, -0.2) is 4.79 Å². The molecule has 118 valence electrons. The van der Waals surface area contributed by atoms with Gasteiger partial charge >= 0.3 is 0 Å². The van der Waals surface area contributed by atoms with Gasteiger partial charge in [0.05, 0.1) is 5.54 Å². The average molecular weight is 318 g/mol. The molecular formula is C19H24ClNO. The Morgan fingerprint density at radius 3 is 2.36 bits per heavy atom. The minimum atomic E-state index is -0.349. The first kappa shape index (κ1) is 15.8. The maximum absolute atomic E-state index is 10.7. The molecule has 0 bridgehead atoms. The second-order valence-electron chi connectivity index (χ2n) is 7.76. The predicted octanol–water partition coefficient (Wildman–Crippen LogP) is 5.74. The molecule has 0 N–H and O–H groups in total. The number of aliphatic imine (C=N–C) groups is 1. The van der Waals surface area contributed by atoms with Crippen molar-refractivity contribution in [2.24, 2.45) is 10.4 Å². The molecule has 1 aromatic rings. The highest BCUT2D eigenvalue weighted by Gasteiger charge is 2.39. The standard InChI is InChI=1S/C19H24ClNO/c1-18(2)10-6-14(7-11-18)16-5-4-15(12-17(16)20)19(21-13-22)8-3-9-19/h4-5,12,14H,3,6-11H2,1-2H3. The van der Waals surface area contributed by atoms with Crippen molar-refractivity contribution in [3.63, 3.8) is 0 Å². The van der Waals surface area contributed by atoms with Crippen LogP contribution < -0.4 is 0 Å². The molecule has 0 saturated heterocycles. The lowest BCUT2D eigenvalue weighted by Gasteiger charge is -2.38. The third-order valence-corrected chi connectivity index (χ3v) is 6.08. The second-order valence-corrected chi connectivity index (χ2v) is 8.17. The highest BCUT2D eigenvalue weighted by molar-refractivity contribution is 6.31. The molecule has 2 fully saturated rings. The maximum atomic E-state index is 10.7. The molecule has 0 radical (unpaired) electrons. The largest absolute Gasteiger partial charge is 0.235 e. The Balaban J connectivity index is 1.83. The molecule has 2 aliphatic carbocycles. The van der Waals surface area contributed by atoms with Crippen LogP contribution in [0.5, 0.6) is 0 Å². The fourth-order valence-corrected chi connectivity index (χ4v) is 4.26. The van der Waals surface area contributed by atoms with Crippen LogP contribution in [0.3, 0.4) is 0 Å². The Kier molecular flexibility index (Phi) is 4.18. The van der Waals surface area contributed by atoms with E-state index in [4.69, 9.17) is 11.6 Å². The van der Waals surface area contributed by atoms with Gasteiger partial charge in [-0.1, -0.05) is 37.6 Å². The summed E-state index contributed by atoms with van der Waals surface area (Å²) in [5.41, 5.74) is 2.47. The van der Waals surface area contributed by atoms with Gasteiger partial charge < -0.3 is 0 Å². The zero-order chi connectivity index (χ0) is 15.8. The quantitative estimate of drug-likeness (QED) is 0.516. The normalized spacial score (nSPS) is 23.4. The van der Waals surface area contributed by atoms with Crippen LogP contribution in [0.1, 0.15) is 75.8 Å². The predicted molar refractivity (Wildman–Crippen MR) is 90.1 cm³/mol. The summed E-state index contributed by atoms with van der Waals surface area (Å²) in [5.74, 6) is 0.571. The van der Waals surface area contributed by atoms with Crippen LogP contribution in [0.2, 0.25) is 5.02 Å². The second kappa shape index (κ2) is 5.83. The van der Waals surface area contributed by atoms with Crippen molar-refractivity contribution >= 4 is 17.7 Å². The topological polar surface area (TPSA) is 29.4 Å². The van der Waals surface area contributed by atoms with Gasteiger partial charge in [0.2, 0.25) is 6.08 Å². The number of halogens is 1. The third kappa shape index (κ3) is 2.87. The van der Waals surface area contributed by atoms with E-state index in [0.717, 1.165) is 29.8 Å². The minimum absolute atomic E-state index is 0.349. The Hall–Kier alpha value is -1.11. The molecule has 22 heavy (non-hydrogen) atoms. The molecule has 0 spiro atoms. The SMILES string of the molecule is CC1(C)CCC(c2ccc(C3(N=C=O)CCC3)cc2Cl)CC1. The van der Waals surface area contributed by atoms with E-state index in [1.54, 1.807) is 6.08 Å². The molecule has 1 aromatic carbocycles. The summed E-state index contributed by atoms with van der Waals surface area (Å²) in [7, 11) is 0. The zero-order valence-electron chi connectivity index (χ0n) is 13.5. The van der Waals surface area contributed by atoms with Gasteiger partial charge in [-0.15, -0.1) is 0 Å². The van der Waals surface area contributed by atoms with Gasteiger partial charge in [-0.05, 0) is 73.5 Å². The summed E-state index contributed by atoms with van der Waals surface area (Å²) in [5, 5.41) is 0.842. The Morgan fingerprint density at radius 1 is 1.18 bits per heavy atom. The molecule has 2 aliphatic rings. The first-order valence-corrected chi connectivity index (χ1v) is 8.73. The van der Waals surface area contributed by atoms with Crippen LogP contribution in [0.25, 0.3) is 0 Å². The Morgan fingerprint density at radius 2 is 1.86 bits per heavy atom. The molecule has 0 atom stereocenters. The van der Waals surface area contributed by atoms with Gasteiger partial charge in [-0.3, -0.25) is 0 Å². The van der Waals surface area contributed by atoms with E-state index in [0.29, 0.717) is 11.3 Å². The van der Waals surface area contributed by atoms with Crippen LogP contribution in [0, 0.1) is 5.41 Å². The van der Waals surface area contributed by atoms with Crippen LogP contribution >= 0.6 is 11.6 Å². The van der Waals surface area contributed by atoms with Crippen LogP contribution in [-0.2, 0) is 10.3 Å². The summed E-state index contributed by atoms with van der Waals surface area (Å²) in [6.07, 6.45) is 9.66. The van der Waals surface area contributed by atoms with Crippen molar-refractivity contribution in [2.45, 2.75) is 70.3 Å². The van der Waals surface area contributed by atoms with Gasteiger partial charge in [0.1, 0.15) is 0 Å². The summed E-state index contributed by atoms with van der Waals surface area (Å²) >= 11 is 6.58. The van der Waals surface area contributed by atoms with Gasteiger partial charge in [-0.2, -0.15) is 4.99 Å². The molecule has 3 rings (SSSR count). The summed E-state index contributed by atoms with van der Waals surface area (Å²) in [4.78, 5) is 14.8. The number of isocyanates is 1. The first-order chi connectivity index (χ1) is 10.5. The average Bonchev–Trinajstić information content (AvgIpc) is 2.43. The van der Waals surface area contributed by atoms with E-state index < -0.39 is 0 Å². The fraction of sp³-hybridized carbons (Fsp3) is 0.632. The molecule has 2 saturated carbocycles. The van der Waals surface area contributed by atoms with E-state index in [2.05, 4.69) is 31.0 Å². The number of benzene rings is 1. The summed E-state index contributed by atoms with van der Waals surface area (Å²) in [6.45, 7) is 4.71. The van der Waals surface area contributed by atoms with E-state index in [1.165, 1.54) is 31.2 Å². The van der Waals surface area contributed by atoms with E-state index >= 15 is 0 Å². The van der Waals surface area contributed by atoms with Crippen molar-refractivity contribution in [1.82, 2.24) is 0 Å². The molecule has 2 nitrogen and oxygen atoms in total. The lowest BCUT2D eigenvalue weighted by atomic mass is 9.70. The number of rotatable bonds is 3. The molecular weight excluding hydrogens is 294 g/mol. The van der Waals surface area contributed by atoms with Crippen LogP contribution in [-0.4, -0.2) is 6.08 Å². The molecule has 0 amide bonds. The number of nitrogens with zero attached hydrogens (tertiary/aromatic N) is 1. The van der Waals surface area contributed by atoms with Crippen molar-refractivity contribution in [3.8, 4) is 0 Å². The lowest BCUT2D eigenvalue weighted by Crippen LogP contribution is -2.32. The smallest absolute Gasteiger partial charge is 0.211 e. The first-order valence-electron chi connectivity index (χ1n) is 8.35. The molecule has 0 aliphatic heterocycles. The molecule has 0 heterocycles. The Bertz CT molecular complexity index is 602. The number of carbonyl (C=O) groups excluding carboxylic acids is 1. The molecule has 0 aromatic heterocycles. The highest BCUT2D eigenvalue weighted by atomic mass is 35.5. The van der Waals surface area contributed by atoms with E-state index in [1.807, 2.05) is 6.07 Å². The zero-order valence-corrected chi connectivity index (χ0v) is 14.2. The van der Waals surface area contributed by atoms with Crippen molar-refractivity contribution < 1.29 is 4.79 Å². The van der Waals surface area contributed by atoms with Crippen LogP contribution in [0.4, 0.5) is 0 Å². The summed E-state index contributed by atoms with van der Waals surface area (Å²) in [6, 6.07) is 6.33. The van der Waals surface area contributed by atoms with E-state index in [9.17, 15) is 4.79 Å². The third-order valence-electron chi connectivity index (χ3n) is 5.76. The fourth-order valence-electron chi connectivity index (χ4n) is 3.92. The molecule has 0 unspecified atom stereocenters. The monoisotopic (exact) mass is 317 g/mol. The number of hydrogen-bond acceptors (Lipinski definition) is 2. The summed E-state index contributed by atoms with van der Waals surface area (Å²) < 4.78 is 0. The van der Waals surface area contributed by atoms with Gasteiger partial charge in [0.15, 0.2) is 0 Å². The highest BCUT2D eigenvalue weighted by Crippen LogP contribution is 2.48. The van der Waals surface area contributed by atoms with Crippen LogP contribution in [0.15, 0.2) is 23.2 Å². The Labute approximate surface area is 138 Å². The van der Waals surface area contributed by atoms with Gasteiger partial charge in [0.25, 0.3) is 0 Å². The minimum Gasteiger partial charge on any atom is -0.211 e.